The average Bonchev–Trinajstić information content (AvgIpc) is 3.38. The molecule has 4 rings (SSSR count). The molecule has 9 nitrogen and oxygen atoms in total. The first-order valence-corrected chi connectivity index (χ1v) is 17.3. The van der Waals surface area contributed by atoms with Gasteiger partial charge in [0.25, 0.3) is 8.53 Å². The third-order valence-corrected chi connectivity index (χ3v) is 10.7. The van der Waals surface area contributed by atoms with Gasteiger partial charge in [0.2, 0.25) is 6.54 Å². The van der Waals surface area contributed by atoms with Crippen LogP contribution in [0.2, 0.25) is 0 Å². The lowest BCUT2D eigenvalue weighted by molar-refractivity contribution is -0.0520. The van der Waals surface area contributed by atoms with E-state index in [1.807, 2.05) is 42.5 Å². The highest BCUT2D eigenvalue weighted by Crippen LogP contribution is 2.51. The highest BCUT2D eigenvalue weighted by Gasteiger charge is 2.48. The largest absolute Gasteiger partial charge is 0.497 e. The van der Waals surface area contributed by atoms with Crippen LogP contribution in [0, 0.1) is 12.5 Å². The van der Waals surface area contributed by atoms with Crippen molar-refractivity contribution in [1.29, 1.82) is 0 Å². The van der Waals surface area contributed by atoms with Crippen LogP contribution >= 0.6 is 8.53 Å². The minimum atomic E-state index is -1.51. The molecule has 0 amide bonds. The van der Waals surface area contributed by atoms with Crippen LogP contribution in [0.4, 0.5) is 0 Å². The third kappa shape index (κ3) is 8.51. The van der Waals surface area contributed by atoms with E-state index >= 15 is 0 Å². The zero-order chi connectivity index (χ0) is 34.0. The molecule has 254 valence electrons. The molecule has 0 spiro atoms. The van der Waals surface area contributed by atoms with Gasteiger partial charge in [0, 0.05) is 31.2 Å². The van der Waals surface area contributed by atoms with E-state index in [0.29, 0.717) is 13.0 Å². The van der Waals surface area contributed by atoms with Gasteiger partial charge in [-0.2, -0.15) is 0 Å². The summed E-state index contributed by atoms with van der Waals surface area (Å²) in [5.41, 5.74) is 8.64. The molecule has 10 heteroatoms. The second-order valence-corrected chi connectivity index (χ2v) is 13.7. The molecule has 1 aliphatic rings. The van der Waals surface area contributed by atoms with Crippen molar-refractivity contribution in [3.05, 3.63) is 107 Å². The lowest BCUT2D eigenvalue weighted by Crippen LogP contribution is -2.42. The van der Waals surface area contributed by atoms with Crippen molar-refractivity contribution >= 4 is 8.53 Å². The number of hydrogen-bond donors (Lipinski definition) is 1. The molecule has 0 radical (unpaired) electrons. The van der Waals surface area contributed by atoms with Gasteiger partial charge in [-0.05, 0) is 75.1 Å². The average molecular weight is 664 g/mol. The number of nitrogens with two attached hydrogens (primary N) is 1. The summed E-state index contributed by atoms with van der Waals surface area (Å²) in [6.07, 6.45) is -0.102. The molecule has 0 bridgehead atoms. The molecule has 47 heavy (non-hydrogen) atoms. The van der Waals surface area contributed by atoms with Crippen LogP contribution in [0.25, 0.3) is 4.85 Å². The fourth-order valence-corrected chi connectivity index (χ4v) is 8.24. The molecule has 2 N–H and O–H groups in total. The van der Waals surface area contributed by atoms with Gasteiger partial charge in [-0.15, -0.1) is 0 Å². The van der Waals surface area contributed by atoms with Crippen LogP contribution in [0.1, 0.15) is 50.8 Å². The van der Waals surface area contributed by atoms with Crippen molar-refractivity contribution in [2.45, 2.75) is 70.1 Å². The summed E-state index contributed by atoms with van der Waals surface area (Å²) < 4.78 is 39.7. The molecular formula is C37H50N3O6P. The summed E-state index contributed by atoms with van der Waals surface area (Å²) in [5, 5.41) is 0. The lowest BCUT2D eigenvalue weighted by atomic mass is 9.79. The molecule has 3 aromatic rings. The predicted molar refractivity (Wildman–Crippen MR) is 186 cm³/mol. The first-order valence-electron chi connectivity index (χ1n) is 16.2. The topological polar surface area (TPSA) is 89.0 Å². The van der Waals surface area contributed by atoms with Gasteiger partial charge < -0.3 is 38.6 Å². The van der Waals surface area contributed by atoms with E-state index in [1.165, 1.54) is 0 Å². The van der Waals surface area contributed by atoms with E-state index in [2.05, 4.69) is 73.6 Å². The van der Waals surface area contributed by atoms with E-state index in [4.69, 9.17) is 40.3 Å². The fraction of sp³-hybridized carbons (Fsp3) is 0.486. The third-order valence-electron chi connectivity index (χ3n) is 8.61. The lowest BCUT2D eigenvalue weighted by Gasteiger charge is -2.40. The van der Waals surface area contributed by atoms with E-state index < -0.39 is 20.2 Å². The Morgan fingerprint density at radius 1 is 0.830 bits per heavy atom. The zero-order valence-electron chi connectivity index (χ0n) is 28.7. The SMILES string of the molecule is [C-]#[N+]CCOP(OC1[C@@H](COC(c2ccccc2)(c2ccc(OC)cc2)c2ccc(OC)cc2)C[C@@H](N)[C@H]1OC)N(C(C)C)C(C)C. The molecule has 0 saturated heterocycles. The maximum Gasteiger partial charge on any atom is 0.259 e. The van der Waals surface area contributed by atoms with Crippen LogP contribution in [0.15, 0.2) is 78.9 Å². The molecule has 0 aliphatic heterocycles. The van der Waals surface area contributed by atoms with Crippen molar-refractivity contribution in [2.75, 3.05) is 41.1 Å². The molecular weight excluding hydrogens is 613 g/mol. The van der Waals surface area contributed by atoms with Crippen molar-refractivity contribution < 1.29 is 28.0 Å². The van der Waals surface area contributed by atoms with Crippen LogP contribution in [-0.4, -0.2) is 76.1 Å². The van der Waals surface area contributed by atoms with Crippen LogP contribution in [0.5, 0.6) is 11.5 Å². The Morgan fingerprint density at radius 2 is 1.36 bits per heavy atom. The molecule has 1 saturated carbocycles. The summed E-state index contributed by atoms with van der Waals surface area (Å²) in [4.78, 5) is 3.49. The number of benzene rings is 3. The highest BCUT2D eigenvalue weighted by atomic mass is 31.2. The van der Waals surface area contributed by atoms with Gasteiger partial charge in [-0.1, -0.05) is 54.6 Å². The number of ether oxygens (including phenoxy) is 4. The fourth-order valence-electron chi connectivity index (χ4n) is 6.45. The number of methoxy groups -OCH3 is 3. The maximum absolute atomic E-state index is 7.27. The quantitative estimate of drug-likeness (QED) is 0.0712. The number of rotatable bonds is 17. The second kappa shape index (κ2) is 17.4. The summed E-state index contributed by atoms with van der Waals surface area (Å²) >= 11 is 0. The van der Waals surface area contributed by atoms with Crippen molar-refractivity contribution in [2.24, 2.45) is 11.7 Å². The Morgan fingerprint density at radius 3 is 1.83 bits per heavy atom. The van der Waals surface area contributed by atoms with Gasteiger partial charge in [0.05, 0.1) is 33.0 Å². The molecule has 5 atom stereocenters. The molecule has 0 heterocycles. The van der Waals surface area contributed by atoms with Gasteiger partial charge in [0.1, 0.15) is 23.7 Å². The van der Waals surface area contributed by atoms with E-state index in [9.17, 15) is 0 Å². The molecule has 1 aliphatic carbocycles. The Bertz CT molecular complexity index is 1340. The van der Waals surface area contributed by atoms with Gasteiger partial charge in [0.15, 0.2) is 0 Å². The minimum Gasteiger partial charge on any atom is -0.497 e. The van der Waals surface area contributed by atoms with Crippen molar-refractivity contribution in [1.82, 2.24) is 4.67 Å². The Labute approximate surface area is 282 Å². The normalized spacial score (nSPS) is 20.5. The Balaban J connectivity index is 1.77. The van der Waals surface area contributed by atoms with Crippen LogP contribution in [0.3, 0.4) is 0 Å². The summed E-state index contributed by atoms with van der Waals surface area (Å²) in [5.74, 6) is 1.41. The van der Waals surface area contributed by atoms with Gasteiger partial charge in [-0.3, -0.25) is 0 Å². The standard InChI is InChI=1S/C37H50N3O6P/c1-26(2)40(27(3)4)47(45-23-22-39-5)46-35-28(24-34(38)36(35)43-8)25-44-37(29-12-10-9-11-13-29,30-14-18-32(41-6)19-15-30)31-16-20-33(42-7)21-17-31/h9-21,26-28,34-36H,22-25,38H2,1-4,6-8H3/t28-,34-,35?,36-,47?/m1/s1. The molecule has 1 fully saturated rings. The first-order chi connectivity index (χ1) is 22.7. The van der Waals surface area contributed by atoms with Gasteiger partial charge in [-0.25, -0.2) is 11.2 Å². The minimum absolute atomic E-state index is 0.106. The maximum atomic E-state index is 7.27. The smallest absolute Gasteiger partial charge is 0.259 e. The monoisotopic (exact) mass is 663 g/mol. The predicted octanol–water partition coefficient (Wildman–Crippen LogP) is 7.04. The Kier molecular flexibility index (Phi) is 13.6. The molecule has 3 aromatic carbocycles. The van der Waals surface area contributed by atoms with Crippen molar-refractivity contribution in [3.63, 3.8) is 0 Å². The van der Waals surface area contributed by atoms with E-state index in [0.717, 1.165) is 28.2 Å². The van der Waals surface area contributed by atoms with Gasteiger partial charge >= 0.3 is 0 Å². The first kappa shape index (κ1) is 36.8. The number of hydrogen-bond acceptors (Lipinski definition) is 8. The summed E-state index contributed by atoms with van der Waals surface area (Å²) in [7, 11) is 3.49. The number of nitrogens with zero attached hydrogens (tertiary/aromatic N) is 2. The molecule has 0 aromatic heterocycles. The summed E-state index contributed by atoms with van der Waals surface area (Å²) in [6.45, 7) is 16.7. The Hall–Kier alpha value is -3.06. The second-order valence-electron chi connectivity index (χ2n) is 12.3. The van der Waals surface area contributed by atoms with Crippen molar-refractivity contribution in [3.8, 4) is 11.5 Å². The zero-order valence-corrected chi connectivity index (χ0v) is 29.6. The van der Waals surface area contributed by atoms with Crippen LogP contribution in [-0.2, 0) is 24.1 Å². The van der Waals surface area contributed by atoms with E-state index in [1.54, 1.807) is 21.3 Å². The summed E-state index contributed by atoms with van der Waals surface area (Å²) in [6, 6.07) is 26.3. The van der Waals surface area contributed by atoms with Crippen LogP contribution < -0.4 is 15.2 Å². The molecule has 2 unspecified atom stereocenters. The highest BCUT2D eigenvalue weighted by molar-refractivity contribution is 7.44. The van der Waals surface area contributed by atoms with E-state index in [-0.39, 0.29) is 43.3 Å².